The number of hydrogen-bond acceptors (Lipinski definition) is 4. The molecule has 0 spiro atoms. The Morgan fingerprint density at radius 2 is 2.14 bits per heavy atom. The molecular weight excluding hydrogens is 501 g/mol. The van der Waals surface area contributed by atoms with Crippen molar-refractivity contribution < 1.29 is 4.74 Å². The van der Waals surface area contributed by atoms with Gasteiger partial charge in [-0.2, -0.15) is 0 Å². The van der Waals surface area contributed by atoms with Gasteiger partial charge in [0.1, 0.15) is 5.82 Å². The molecule has 3 rings (SSSR count). The number of aromatic nitrogens is 1. The molecule has 6 nitrogen and oxygen atoms in total. The van der Waals surface area contributed by atoms with E-state index in [0.29, 0.717) is 6.54 Å². The van der Waals surface area contributed by atoms with Gasteiger partial charge in [-0.3, -0.25) is 4.99 Å². The van der Waals surface area contributed by atoms with Gasteiger partial charge in [-0.1, -0.05) is 29.8 Å². The van der Waals surface area contributed by atoms with Gasteiger partial charge in [0.05, 0.1) is 12.7 Å². The standard InChI is InChI=1S/C21H28ClN5O.HI/c1-16-15-27(10-11-28-16)20-7-6-18(13-25-20)14-26-21(23-2)24-9-8-17-4-3-5-19(22)12-17;/h3-7,12-13,16H,8-11,14-15H2,1-2H3,(H2,23,24,26);1H. The van der Waals surface area contributed by atoms with Crippen molar-refractivity contribution in [1.82, 2.24) is 15.6 Å². The molecule has 1 fully saturated rings. The van der Waals surface area contributed by atoms with E-state index in [1.54, 1.807) is 7.05 Å². The summed E-state index contributed by atoms with van der Waals surface area (Å²) in [6.07, 6.45) is 3.05. The van der Waals surface area contributed by atoms with Gasteiger partial charge in [-0.15, -0.1) is 24.0 Å². The fourth-order valence-electron chi connectivity index (χ4n) is 3.16. The zero-order chi connectivity index (χ0) is 19.8. The van der Waals surface area contributed by atoms with Crippen molar-refractivity contribution >= 4 is 47.4 Å². The van der Waals surface area contributed by atoms with E-state index < -0.39 is 0 Å². The fourth-order valence-corrected chi connectivity index (χ4v) is 3.37. The maximum atomic E-state index is 6.03. The molecule has 2 N–H and O–H groups in total. The summed E-state index contributed by atoms with van der Waals surface area (Å²) >= 11 is 6.03. The molecule has 1 unspecified atom stereocenters. The number of ether oxygens (including phenoxy) is 1. The summed E-state index contributed by atoms with van der Waals surface area (Å²) in [4.78, 5) is 11.2. The van der Waals surface area contributed by atoms with E-state index in [-0.39, 0.29) is 30.1 Å². The second-order valence-electron chi connectivity index (χ2n) is 6.88. The van der Waals surface area contributed by atoms with Gasteiger partial charge < -0.3 is 20.3 Å². The second-order valence-corrected chi connectivity index (χ2v) is 7.32. The smallest absolute Gasteiger partial charge is 0.191 e. The monoisotopic (exact) mass is 529 g/mol. The van der Waals surface area contributed by atoms with Crippen molar-refractivity contribution in [3.63, 3.8) is 0 Å². The average Bonchev–Trinajstić information content (AvgIpc) is 2.71. The molecule has 0 aliphatic carbocycles. The predicted octanol–water partition coefficient (Wildman–Crippen LogP) is 3.49. The molecule has 1 aromatic heterocycles. The summed E-state index contributed by atoms with van der Waals surface area (Å²) in [5.74, 6) is 1.77. The Hall–Kier alpha value is -1.58. The zero-order valence-corrected chi connectivity index (χ0v) is 20.0. The van der Waals surface area contributed by atoms with Gasteiger partial charge in [0.25, 0.3) is 0 Å². The molecule has 1 aliphatic rings. The third-order valence-electron chi connectivity index (χ3n) is 4.65. The van der Waals surface area contributed by atoms with Crippen molar-refractivity contribution in [2.24, 2.45) is 4.99 Å². The van der Waals surface area contributed by atoms with Crippen LogP contribution >= 0.6 is 35.6 Å². The van der Waals surface area contributed by atoms with Crippen molar-refractivity contribution in [2.75, 3.05) is 38.2 Å². The maximum absolute atomic E-state index is 6.03. The number of anilines is 1. The quantitative estimate of drug-likeness (QED) is 0.341. The lowest BCUT2D eigenvalue weighted by atomic mass is 10.1. The van der Waals surface area contributed by atoms with Crippen molar-refractivity contribution in [3.8, 4) is 0 Å². The molecule has 2 heterocycles. The number of benzene rings is 1. The molecule has 0 saturated carbocycles. The number of aliphatic imine (C=N–C) groups is 1. The Balaban J connectivity index is 0.00000300. The van der Waals surface area contributed by atoms with Crippen molar-refractivity contribution in [2.45, 2.75) is 26.0 Å². The largest absolute Gasteiger partial charge is 0.375 e. The molecule has 1 aromatic carbocycles. The summed E-state index contributed by atoms with van der Waals surface area (Å²) < 4.78 is 5.59. The zero-order valence-electron chi connectivity index (χ0n) is 16.9. The highest BCUT2D eigenvalue weighted by Crippen LogP contribution is 2.15. The number of guanidine groups is 1. The molecule has 29 heavy (non-hydrogen) atoms. The number of pyridine rings is 1. The molecule has 158 valence electrons. The Kier molecular flexibility index (Phi) is 9.96. The highest BCUT2D eigenvalue weighted by molar-refractivity contribution is 14.0. The van der Waals surface area contributed by atoms with Crippen LogP contribution in [0.2, 0.25) is 5.02 Å². The first-order chi connectivity index (χ1) is 13.6. The Morgan fingerprint density at radius 1 is 1.28 bits per heavy atom. The number of nitrogens with zero attached hydrogens (tertiary/aromatic N) is 3. The van der Waals surface area contributed by atoms with Crippen LogP contribution in [0.3, 0.4) is 0 Å². The van der Waals surface area contributed by atoms with Crippen molar-refractivity contribution in [1.29, 1.82) is 0 Å². The van der Waals surface area contributed by atoms with Gasteiger partial charge in [-0.25, -0.2) is 4.98 Å². The van der Waals surface area contributed by atoms with Crippen LogP contribution in [0.15, 0.2) is 47.6 Å². The van der Waals surface area contributed by atoms with Gasteiger partial charge in [0.2, 0.25) is 0 Å². The minimum atomic E-state index is 0. The number of nitrogens with one attached hydrogen (secondary N) is 2. The van der Waals surface area contributed by atoms with Crippen molar-refractivity contribution in [3.05, 3.63) is 58.7 Å². The molecular formula is C21H29ClIN5O. The van der Waals surface area contributed by atoms with Gasteiger partial charge in [-0.05, 0) is 42.7 Å². The highest BCUT2D eigenvalue weighted by atomic mass is 127. The third kappa shape index (κ3) is 7.64. The molecule has 1 saturated heterocycles. The van der Waals surface area contributed by atoms with E-state index in [1.165, 1.54) is 5.56 Å². The minimum Gasteiger partial charge on any atom is -0.375 e. The van der Waals surface area contributed by atoms with E-state index in [0.717, 1.165) is 55.0 Å². The lowest BCUT2D eigenvalue weighted by Gasteiger charge is -2.32. The van der Waals surface area contributed by atoms with Crippen LogP contribution < -0.4 is 15.5 Å². The fraction of sp³-hybridized carbons (Fsp3) is 0.429. The maximum Gasteiger partial charge on any atom is 0.191 e. The third-order valence-corrected chi connectivity index (χ3v) is 4.89. The highest BCUT2D eigenvalue weighted by Gasteiger charge is 2.17. The van der Waals surface area contributed by atoms with Crippen LogP contribution in [0.25, 0.3) is 0 Å². The summed E-state index contributed by atoms with van der Waals surface area (Å²) in [6, 6.07) is 12.1. The van der Waals surface area contributed by atoms with Gasteiger partial charge >= 0.3 is 0 Å². The minimum absolute atomic E-state index is 0. The number of halogens is 2. The van der Waals surface area contributed by atoms with Crippen LogP contribution in [-0.4, -0.2) is 50.3 Å². The summed E-state index contributed by atoms with van der Waals surface area (Å²) in [7, 11) is 1.77. The van der Waals surface area contributed by atoms with Crippen LogP contribution in [0.4, 0.5) is 5.82 Å². The van der Waals surface area contributed by atoms with E-state index >= 15 is 0 Å². The SMILES string of the molecule is CN=C(NCCc1cccc(Cl)c1)NCc1ccc(N2CCOC(C)C2)nc1.I. The molecule has 1 atom stereocenters. The molecule has 1 aliphatic heterocycles. The van der Waals surface area contributed by atoms with E-state index in [1.807, 2.05) is 24.4 Å². The average molecular weight is 530 g/mol. The Bertz CT molecular complexity index is 787. The lowest BCUT2D eigenvalue weighted by Crippen LogP contribution is -2.41. The number of morpholine rings is 1. The van der Waals surface area contributed by atoms with Crippen LogP contribution in [0, 0.1) is 0 Å². The van der Waals surface area contributed by atoms with Gasteiger partial charge in [0.15, 0.2) is 5.96 Å². The lowest BCUT2D eigenvalue weighted by molar-refractivity contribution is 0.0529. The topological polar surface area (TPSA) is 61.8 Å². The summed E-state index contributed by atoms with van der Waals surface area (Å²) in [5.41, 5.74) is 2.32. The summed E-state index contributed by atoms with van der Waals surface area (Å²) in [5, 5.41) is 7.42. The van der Waals surface area contributed by atoms with E-state index in [2.05, 4.69) is 50.6 Å². The molecule has 2 aromatic rings. The Labute approximate surface area is 195 Å². The first-order valence-electron chi connectivity index (χ1n) is 9.64. The summed E-state index contributed by atoms with van der Waals surface area (Å²) in [6.45, 7) is 6.07. The van der Waals surface area contributed by atoms with Crippen LogP contribution in [0.5, 0.6) is 0 Å². The Morgan fingerprint density at radius 3 is 2.83 bits per heavy atom. The second kappa shape index (κ2) is 12.2. The number of rotatable bonds is 6. The molecule has 8 heteroatoms. The normalized spacial score (nSPS) is 16.9. The van der Waals surface area contributed by atoms with Gasteiger partial charge in [0, 0.05) is 44.4 Å². The molecule has 0 bridgehead atoms. The predicted molar refractivity (Wildman–Crippen MR) is 131 cm³/mol. The van der Waals surface area contributed by atoms with Crippen LogP contribution in [-0.2, 0) is 17.7 Å². The molecule has 0 amide bonds. The van der Waals surface area contributed by atoms with E-state index in [9.17, 15) is 0 Å². The van der Waals surface area contributed by atoms with E-state index in [4.69, 9.17) is 16.3 Å². The first-order valence-corrected chi connectivity index (χ1v) is 10.0. The first kappa shape index (κ1) is 23.7. The number of hydrogen-bond donors (Lipinski definition) is 2. The molecule has 0 radical (unpaired) electrons. The van der Waals surface area contributed by atoms with Crippen LogP contribution in [0.1, 0.15) is 18.1 Å².